The lowest BCUT2D eigenvalue weighted by Crippen LogP contribution is -2.66. The van der Waals surface area contributed by atoms with Crippen LogP contribution in [0.25, 0.3) is 0 Å². The molecule has 0 aromatic rings. The molecule has 9 N–H and O–H groups in total. The SMILES string of the molecule is CC(C)(C)OC(=O)NOCC(=O)N[C@@H]1OC(CO)[C@H](O[C@@H]2OC(CO)[C@H](O)[C@H](O)C2O)[C@H](O)C1O. The molecule has 16 heteroatoms. The van der Waals surface area contributed by atoms with Crippen LogP contribution in [0.4, 0.5) is 4.79 Å². The average molecular weight is 514 g/mol. The lowest BCUT2D eigenvalue weighted by Gasteiger charge is -2.46. The molecule has 0 aromatic heterocycles. The quantitative estimate of drug-likeness (QED) is 0.138. The number of amides is 2. The van der Waals surface area contributed by atoms with Crippen molar-refractivity contribution in [1.82, 2.24) is 10.8 Å². The number of aliphatic hydroxyl groups is 7. The summed E-state index contributed by atoms with van der Waals surface area (Å²) in [6, 6.07) is 0. The molecule has 16 nitrogen and oxygen atoms in total. The van der Waals surface area contributed by atoms with Gasteiger partial charge < -0.3 is 60.0 Å². The number of carbonyl (C=O) groups excluding carboxylic acids is 2. The first-order valence-corrected chi connectivity index (χ1v) is 10.8. The van der Waals surface area contributed by atoms with E-state index in [1.165, 1.54) is 0 Å². The molecular formula is C19H34N2O14. The van der Waals surface area contributed by atoms with E-state index in [0.717, 1.165) is 0 Å². The molecule has 0 spiro atoms. The van der Waals surface area contributed by atoms with Crippen LogP contribution in [0.5, 0.6) is 0 Å². The van der Waals surface area contributed by atoms with Crippen molar-refractivity contribution in [2.45, 2.75) is 87.7 Å². The van der Waals surface area contributed by atoms with Crippen molar-refractivity contribution in [3.05, 3.63) is 0 Å². The second-order valence-electron chi connectivity index (χ2n) is 9.02. The summed E-state index contributed by atoms with van der Waals surface area (Å²) in [6.45, 7) is 2.67. The van der Waals surface area contributed by atoms with Crippen molar-refractivity contribution in [1.29, 1.82) is 0 Å². The van der Waals surface area contributed by atoms with Crippen molar-refractivity contribution in [3.63, 3.8) is 0 Å². The molecule has 2 fully saturated rings. The van der Waals surface area contributed by atoms with Crippen LogP contribution in [0.3, 0.4) is 0 Å². The van der Waals surface area contributed by atoms with Gasteiger partial charge in [-0.3, -0.25) is 9.63 Å². The van der Waals surface area contributed by atoms with E-state index in [-0.39, 0.29) is 0 Å². The molecule has 10 atom stereocenters. The minimum atomic E-state index is -1.80. The van der Waals surface area contributed by atoms with Crippen LogP contribution in [-0.2, 0) is 28.6 Å². The molecule has 204 valence electrons. The standard InChI is InChI=1S/C19H34N2O14/c1-19(2,3)35-18(30)21-31-6-9(24)20-16-13(28)12(27)15(8(5-23)32-16)34-17-14(29)11(26)10(25)7(4-22)33-17/h7-8,10-17,22-23,25-29H,4-6H2,1-3H3,(H,20,24)(H,21,30)/t7?,8?,10-,11-,12+,13?,14?,15-,16+,17-/m0/s1. The molecule has 0 aliphatic carbocycles. The average Bonchev–Trinajstić information content (AvgIpc) is 2.77. The van der Waals surface area contributed by atoms with Gasteiger partial charge >= 0.3 is 6.09 Å². The van der Waals surface area contributed by atoms with Crippen LogP contribution >= 0.6 is 0 Å². The third kappa shape index (κ3) is 7.89. The Labute approximate surface area is 200 Å². The number of hydrogen-bond acceptors (Lipinski definition) is 14. The fraction of sp³-hybridized carbons (Fsp3) is 0.895. The lowest BCUT2D eigenvalue weighted by atomic mass is 9.96. The third-order valence-corrected chi connectivity index (χ3v) is 5.07. The Morgan fingerprint density at radius 2 is 1.49 bits per heavy atom. The Hall–Kier alpha value is -1.70. The van der Waals surface area contributed by atoms with Gasteiger partial charge in [0.25, 0.3) is 5.91 Å². The second kappa shape index (κ2) is 12.5. The summed E-state index contributed by atoms with van der Waals surface area (Å²) in [4.78, 5) is 28.3. The van der Waals surface area contributed by atoms with E-state index in [0.29, 0.717) is 0 Å². The molecule has 0 aromatic carbocycles. The summed E-state index contributed by atoms with van der Waals surface area (Å²) in [5.74, 6) is -0.873. The van der Waals surface area contributed by atoms with Crippen LogP contribution in [-0.4, -0.2) is 135 Å². The molecule has 0 saturated carbocycles. The molecule has 0 bridgehead atoms. The normalized spacial score (nSPS) is 38.0. The number of hydrogen-bond donors (Lipinski definition) is 9. The summed E-state index contributed by atoms with van der Waals surface area (Å²) in [6.07, 6.45) is -17.1. The number of nitrogens with one attached hydrogen (secondary N) is 2. The summed E-state index contributed by atoms with van der Waals surface area (Å²) >= 11 is 0. The number of rotatable bonds is 8. The van der Waals surface area contributed by atoms with Crippen molar-refractivity contribution in [2.75, 3.05) is 19.8 Å². The molecule has 0 radical (unpaired) electrons. The predicted octanol–water partition coefficient (Wildman–Crippen LogP) is -4.82. The van der Waals surface area contributed by atoms with E-state index >= 15 is 0 Å². The van der Waals surface area contributed by atoms with Crippen molar-refractivity contribution >= 4 is 12.0 Å². The topological polar surface area (TPSA) is 246 Å². The van der Waals surface area contributed by atoms with Gasteiger partial charge in [-0.1, -0.05) is 0 Å². The summed E-state index contributed by atoms with van der Waals surface area (Å²) in [5.41, 5.74) is 1.10. The number of aliphatic hydroxyl groups excluding tert-OH is 7. The van der Waals surface area contributed by atoms with Gasteiger partial charge in [0.15, 0.2) is 19.1 Å². The van der Waals surface area contributed by atoms with Crippen LogP contribution in [0.1, 0.15) is 20.8 Å². The monoisotopic (exact) mass is 514 g/mol. The van der Waals surface area contributed by atoms with E-state index in [2.05, 4.69) is 5.32 Å². The first-order valence-electron chi connectivity index (χ1n) is 10.8. The predicted molar refractivity (Wildman–Crippen MR) is 110 cm³/mol. The van der Waals surface area contributed by atoms with Gasteiger partial charge in [0.2, 0.25) is 0 Å². The highest BCUT2D eigenvalue weighted by Crippen LogP contribution is 2.28. The number of ether oxygens (including phenoxy) is 4. The molecule has 2 aliphatic rings. The first kappa shape index (κ1) is 29.5. The Kier molecular flexibility index (Phi) is 10.6. The maximum Gasteiger partial charge on any atom is 0.431 e. The van der Waals surface area contributed by atoms with Crippen LogP contribution in [0.15, 0.2) is 0 Å². The van der Waals surface area contributed by atoms with Crippen LogP contribution < -0.4 is 10.8 Å². The van der Waals surface area contributed by atoms with Gasteiger partial charge in [0.1, 0.15) is 54.4 Å². The smallest absolute Gasteiger partial charge is 0.431 e. The highest BCUT2D eigenvalue weighted by Gasteiger charge is 2.50. The molecule has 2 aliphatic heterocycles. The molecule has 35 heavy (non-hydrogen) atoms. The summed E-state index contributed by atoms with van der Waals surface area (Å²) in [5, 5.41) is 71.9. The van der Waals surface area contributed by atoms with Gasteiger partial charge in [-0.15, -0.1) is 0 Å². The largest absolute Gasteiger partial charge is 0.442 e. The lowest BCUT2D eigenvalue weighted by molar-refractivity contribution is -0.343. The van der Waals surface area contributed by atoms with Gasteiger partial charge in [0.05, 0.1) is 13.2 Å². The second-order valence-corrected chi connectivity index (χ2v) is 9.02. The van der Waals surface area contributed by atoms with E-state index in [1.807, 2.05) is 5.48 Å². The number of carbonyl (C=O) groups is 2. The summed E-state index contributed by atoms with van der Waals surface area (Å²) in [7, 11) is 0. The Balaban J connectivity index is 1.93. The van der Waals surface area contributed by atoms with Crippen molar-refractivity contribution < 1.29 is 69.1 Å². The van der Waals surface area contributed by atoms with E-state index in [9.17, 15) is 45.3 Å². The third-order valence-electron chi connectivity index (χ3n) is 5.07. The van der Waals surface area contributed by atoms with Crippen molar-refractivity contribution in [3.8, 4) is 0 Å². The minimum absolute atomic E-state index is 0.712. The maximum atomic E-state index is 12.1. The molecule has 2 amide bonds. The minimum Gasteiger partial charge on any atom is -0.442 e. The fourth-order valence-corrected chi connectivity index (χ4v) is 3.37. The van der Waals surface area contributed by atoms with Gasteiger partial charge in [-0.2, -0.15) is 5.48 Å². The van der Waals surface area contributed by atoms with E-state index in [1.54, 1.807) is 20.8 Å². The molecule has 2 heterocycles. The van der Waals surface area contributed by atoms with Crippen molar-refractivity contribution in [2.24, 2.45) is 0 Å². The van der Waals surface area contributed by atoms with Gasteiger partial charge in [-0.25, -0.2) is 4.79 Å². The van der Waals surface area contributed by atoms with Gasteiger partial charge in [-0.05, 0) is 20.8 Å². The Bertz CT molecular complexity index is 702. The zero-order chi connectivity index (χ0) is 26.5. The highest BCUT2D eigenvalue weighted by atomic mass is 16.7. The van der Waals surface area contributed by atoms with E-state index in [4.69, 9.17) is 23.8 Å². The van der Waals surface area contributed by atoms with Crippen LogP contribution in [0.2, 0.25) is 0 Å². The first-order chi connectivity index (χ1) is 16.3. The number of hydroxylamine groups is 1. The summed E-state index contributed by atoms with van der Waals surface area (Å²) < 4.78 is 20.9. The molecule has 4 unspecified atom stereocenters. The Morgan fingerprint density at radius 3 is 2.06 bits per heavy atom. The Morgan fingerprint density at radius 1 is 0.857 bits per heavy atom. The zero-order valence-electron chi connectivity index (χ0n) is 19.4. The molecule has 2 saturated heterocycles. The molecular weight excluding hydrogens is 480 g/mol. The van der Waals surface area contributed by atoms with E-state index < -0.39 is 98.8 Å². The zero-order valence-corrected chi connectivity index (χ0v) is 19.4. The van der Waals surface area contributed by atoms with Crippen LogP contribution in [0, 0.1) is 0 Å². The molecule has 2 rings (SSSR count). The highest BCUT2D eigenvalue weighted by molar-refractivity contribution is 5.77. The maximum absolute atomic E-state index is 12.1. The fourth-order valence-electron chi connectivity index (χ4n) is 3.37. The van der Waals surface area contributed by atoms with Gasteiger partial charge in [0, 0.05) is 0 Å².